The lowest BCUT2D eigenvalue weighted by Crippen LogP contribution is -2.42. The summed E-state index contributed by atoms with van der Waals surface area (Å²) in [5.41, 5.74) is 8.04. The third-order valence-corrected chi connectivity index (χ3v) is 4.96. The van der Waals surface area contributed by atoms with E-state index in [1.54, 1.807) is 23.1 Å². The van der Waals surface area contributed by atoms with Gasteiger partial charge in [0.15, 0.2) is 5.82 Å². The van der Waals surface area contributed by atoms with Gasteiger partial charge in [0, 0.05) is 18.8 Å². The SMILES string of the molecule is CC1c2ccc(C(N)=O)n2CCN1C(=O)c1nc2c(Cl)cccc2[nH]1. The van der Waals surface area contributed by atoms with Gasteiger partial charge in [0.1, 0.15) is 11.2 Å². The third kappa shape index (κ3) is 2.39. The Labute approximate surface area is 148 Å². The van der Waals surface area contributed by atoms with Crippen molar-refractivity contribution in [3.63, 3.8) is 0 Å². The fourth-order valence-electron chi connectivity index (χ4n) is 3.39. The molecule has 25 heavy (non-hydrogen) atoms. The fourth-order valence-corrected chi connectivity index (χ4v) is 3.60. The van der Waals surface area contributed by atoms with E-state index in [1.165, 1.54) is 0 Å². The number of benzene rings is 1. The first-order valence-electron chi connectivity index (χ1n) is 7.92. The number of H-pyrrole nitrogens is 1. The molecule has 1 aromatic carbocycles. The molecule has 0 bridgehead atoms. The Morgan fingerprint density at radius 1 is 1.28 bits per heavy atom. The number of fused-ring (bicyclic) bond motifs is 2. The van der Waals surface area contributed by atoms with Gasteiger partial charge in [0.05, 0.1) is 16.6 Å². The van der Waals surface area contributed by atoms with Crippen LogP contribution in [-0.4, -0.2) is 37.8 Å². The molecule has 7 nitrogen and oxygen atoms in total. The third-order valence-electron chi connectivity index (χ3n) is 4.65. The van der Waals surface area contributed by atoms with E-state index in [0.717, 1.165) is 11.2 Å². The minimum Gasteiger partial charge on any atom is -0.364 e. The highest BCUT2D eigenvalue weighted by molar-refractivity contribution is 6.35. The lowest BCUT2D eigenvalue weighted by molar-refractivity contribution is 0.0631. The molecule has 0 radical (unpaired) electrons. The quantitative estimate of drug-likeness (QED) is 0.736. The van der Waals surface area contributed by atoms with Gasteiger partial charge in [-0.3, -0.25) is 9.59 Å². The van der Waals surface area contributed by atoms with E-state index in [9.17, 15) is 9.59 Å². The molecule has 1 atom stereocenters. The topological polar surface area (TPSA) is 97.0 Å². The smallest absolute Gasteiger partial charge is 0.290 e. The maximum atomic E-state index is 12.9. The summed E-state index contributed by atoms with van der Waals surface area (Å²) in [6.45, 7) is 2.90. The number of hydrogen-bond donors (Lipinski definition) is 2. The molecule has 0 spiro atoms. The van der Waals surface area contributed by atoms with Crippen LogP contribution in [0, 0.1) is 0 Å². The standard InChI is InChI=1S/C17H16ClN5O2/c1-9-12-5-6-13(15(19)24)23(12)8-7-22(9)17(25)16-20-11-4-2-3-10(18)14(11)21-16/h2-6,9H,7-8H2,1H3,(H2,19,24)(H,20,21). The van der Waals surface area contributed by atoms with Crippen molar-refractivity contribution in [1.29, 1.82) is 0 Å². The first-order valence-corrected chi connectivity index (χ1v) is 8.29. The number of aromatic amines is 1. The van der Waals surface area contributed by atoms with E-state index in [-0.39, 0.29) is 17.8 Å². The molecule has 0 saturated carbocycles. The highest BCUT2D eigenvalue weighted by Crippen LogP contribution is 2.29. The number of hydrogen-bond acceptors (Lipinski definition) is 3. The van der Waals surface area contributed by atoms with Gasteiger partial charge in [0.2, 0.25) is 0 Å². The normalized spacial score (nSPS) is 16.9. The highest BCUT2D eigenvalue weighted by Gasteiger charge is 2.31. The summed E-state index contributed by atoms with van der Waals surface area (Å²) < 4.78 is 1.87. The van der Waals surface area contributed by atoms with Gasteiger partial charge >= 0.3 is 0 Å². The number of para-hydroxylation sites is 1. The van der Waals surface area contributed by atoms with Gasteiger partial charge in [-0.15, -0.1) is 0 Å². The van der Waals surface area contributed by atoms with Crippen LogP contribution in [0.15, 0.2) is 30.3 Å². The molecular formula is C17H16ClN5O2. The lowest BCUT2D eigenvalue weighted by atomic mass is 10.1. The molecular weight excluding hydrogens is 342 g/mol. The van der Waals surface area contributed by atoms with Crippen LogP contribution in [0.25, 0.3) is 11.0 Å². The molecule has 3 heterocycles. The Morgan fingerprint density at radius 3 is 2.80 bits per heavy atom. The maximum Gasteiger partial charge on any atom is 0.290 e. The molecule has 1 aliphatic heterocycles. The van der Waals surface area contributed by atoms with Crippen molar-refractivity contribution in [2.24, 2.45) is 5.73 Å². The molecule has 8 heteroatoms. The molecule has 1 aliphatic rings. The Bertz CT molecular complexity index is 1010. The van der Waals surface area contributed by atoms with Crippen molar-refractivity contribution in [3.8, 4) is 0 Å². The molecule has 3 N–H and O–H groups in total. The number of amides is 2. The van der Waals surface area contributed by atoms with Crippen LogP contribution < -0.4 is 5.73 Å². The van der Waals surface area contributed by atoms with Crippen LogP contribution in [0.2, 0.25) is 5.02 Å². The van der Waals surface area contributed by atoms with E-state index in [2.05, 4.69) is 9.97 Å². The molecule has 128 valence electrons. The van der Waals surface area contributed by atoms with E-state index in [1.807, 2.05) is 23.6 Å². The van der Waals surface area contributed by atoms with Crippen molar-refractivity contribution in [2.45, 2.75) is 19.5 Å². The van der Waals surface area contributed by atoms with E-state index in [4.69, 9.17) is 17.3 Å². The zero-order valence-corrected chi connectivity index (χ0v) is 14.2. The summed E-state index contributed by atoms with van der Waals surface area (Å²) >= 11 is 6.13. The minimum atomic E-state index is -0.467. The van der Waals surface area contributed by atoms with Crippen molar-refractivity contribution < 1.29 is 9.59 Å². The summed E-state index contributed by atoms with van der Waals surface area (Å²) in [4.78, 5) is 33.5. The zero-order chi connectivity index (χ0) is 17.7. The van der Waals surface area contributed by atoms with Crippen molar-refractivity contribution in [1.82, 2.24) is 19.4 Å². The lowest BCUT2D eigenvalue weighted by Gasteiger charge is -2.34. The average Bonchev–Trinajstić information content (AvgIpc) is 3.19. The predicted octanol–water partition coefficient (Wildman–Crippen LogP) is 2.33. The number of aromatic nitrogens is 3. The first-order chi connectivity index (χ1) is 12.0. The number of nitrogens with one attached hydrogen (secondary N) is 1. The Balaban J connectivity index is 1.68. The number of imidazole rings is 1. The summed E-state index contributed by atoms with van der Waals surface area (Å²) in [7, 11) is 0. The second kappa shape index (κ2) is 5.63. The molecule has 0 fully saturated rings. The van der Waals surface area contributed by atoms with Crippen LogP contribution in [0.4, 0.5) is 0 Å². The van der Waals surface area contributed by atoms with Crippen LogP contribution in [0.5, 0.6) is 0 Å². The number of nitrogens with two attached hydrogens (primary N) is 1. The average molecular weight is 358 g/mol. The van der Waals surface area contributed by atoms with Gasteiger partial charge in [0.25, 0.3) is 11.8 Å². The van der Waals surface area contributed by atoms with Crippen LogP contribution in [0.1, 0.15) is 39.8 Å². The van der Waals surface area contributed by atoms with Crippen LogP contribution in [0.3, 0.4) is 0 Å². The largest absolute Gasteiger partial charge is 0.364 e. The van der Waals surface area contributed by atoms with Gasteiger partial charge < -0.3 is 20.2 Å². The van der Waals surface area contributed by atoms with Crippen molar-refractivity contribution in [2.75, 3.05) is 6.54 Å². The molecule has 3 aromatic rings. The second-order valence-corrected chi connectivity index (χ2v) is 6.46. The molecule has 2 amide bonds. The molecule has 1 unspecified atom stereocenters. The van der Waals surface area contributed by atoms with Crippen molar-refractivity contribution >= 4 is 34.4 Å². The van der Waals surface area contributed by atoms with Gasteiger partial charge in [-0.05, 0) is 31.2 Å². The first kappa shape index (κ1) is 15.7. The molecule has 0 aliphatic carbocycles. The molecule has 2 aromatic heterocycles. The Kier molecular flexibility index (Phi) is 3.54. The Hall–Kier alpha value is -2.80. The van der Waals surface area contributed by atoms with Gasteiger partial charge in [-0.2, -0.15) is 0 Å². The number of nitrogens with zero attached hydrogens (tertiary/aromatic N) is 3. The van der Waals surface area contributed by atoms with Crippen LogP contribution in [-0.2, 0) is 6.54 Å². The minimum absolute atomic E-state index is 0.196. The molecule has 4 rings (SSSR count). The van der Waals surface area contributed by atoms with Gasteiger partial charge in [-0.1, -0.05) is 17.7 Å². The summed E-state index contributed by atoms with van der Waals surface area (Å²) in [6.07, 6.45) is 0. The summed E-state index contributed by atoms with van der Waals surface area (Å²) in [6, 6.07) is 8.70. The maximum absolute atomic E-state index is 12.9. The monoisotopic (exact) mass is 357 g/mol. The Morgan fingerprint density at radius 2 is 2.08 bits per heavy atom. The number of primary amides is 1. The van der Waals surface area contributed by atoms with E-state index in [0.29, 0.717) is 29.3 Å². The van der Waals surface area contributed by atoms with Crippen LogP contribution >= 0.6 is 11.6 Å². The molecule has 0 saturated heterocycles. The zero-order valence-electron chi connectivity index (χ0n) is 13.5. The highest BCUT2D eigenvalue weighted by atomic mass is 35.5. The second-order valence-electron chi connectivity index (χ2n) is 6.06. The van der Waals surface area contributed by atoms with E-state index >= 15 is 0 Å². The summed E-state index contributed by atoms with van der Waals surface area (Å²) in [5, 5.41) is 0.500. The number of halogens is 1. The summed E-state index contributed by atoms with van der Waals surface area (Å²) in [5.74, 6) is -0.414. The number of carbonyl (C=O) groups excluding carboxylic acids is 2. The van der Waals surface area contributed by atoms with E-state index < -0.39 is 5.91 Å². The number of rotatable bonds is 2. The van der Waals surface area contributed by atoms with Gasteiger partial charge in [-0.25, -0.2) is 4.98 Å². The number of carbonyl (C=O) groups is 2. The predicted molar refractivity (Wildman–Crippen MR) is 93.5 cm³/mol. The fraction of sp³-hybridized carbons (Fsp3) is 0.235. The van der Waals surface area contributed by atoms with Crippen molar-refractivity contribution in [3.05, 3.63) is 52.6 Å².